The van der Waals surface area contributed by atoms with Crippen molar-refractivity contribution in [3.63, 3.8) is 0 Å². The third-order valence-corrected chi connectivity index (χ3v) is 5.47. The van der Waals surface area contributed by atoms with Gasteiger partial charge in [-0.15, -0.1) is 11.8 Å². The molecule has 108 valence electrons. The van der Waals surface area contributed by atoms with Gasteiger partial charge >= 0.3 is 5.97 Å². The lowest BCUT2D eigenvalue weighted by atomic mass is 10.1. The molecule has 1 saturated heterocycles. The van der Waals surface area contributed by atoms with Gasteiger partial charge in [0, 0.05) is 15.2 Å². The van der Waals surface area contributed by atoms with Crippen molar-refractivity contribution < 1.29 is 14.7 Å². The normalized spacial score (nSPS) is 22.1. The van der Waals surface area contributed by atoms with E-state index in [9.17, 15) is 14.7 Å². The van der Waals surface area contributed by atoms with Crippen molar-refractivity contribution in [2.75, 3.05) is 5.75 Å². The minimum atomic E-state index is -0.966. The predicted molar refractivity (Wildman–Crippen MR) is 83.3 cm³/mol. The summed E-state index contributed by atoms with van der Waals surface area (Å²) < 4.78 is 0.575. The second kappa shape index (κ2) is 6.37. The average molecular weight is 379 g/mol. The van der Waals surface area contributed by atoms with Crippen molar-refractivity contribution in [2.45, 2.75) is 24.8 Å². The van der Waals surface area contributed by atoms with E-state index in [0.717, 1.165) is 0 Å². The zero-order valence-electron chi connectivity index (χ0n) is 10.7. The number of thioether (sulfide) groups is 1. The van der Waals surface area contributed by atoms with Crippen molar-refractivity contribution in [3.05, 3.63) is 33.3 Å². The maximum Gasteiger partial charge on any atom is 0.327 e. The highest BCUT2D eigenvalue weighted by Crippen LogP contribution is 2.34. The zero-order valence-corrected chi connectivity index (χ0v) is 13.8. The standard InChI is InChI=1S/C13H13BrClNO3S/c1-2-11-16(10(6-20-11)13(18)19)12(17)8-4-3-7(15)5-9(8)14/h3-5,10-11H,2,6H2,1H3,(H,18,19). The molecule has 0 bridgehead atoms. The maximum absolute atomic E-state index is 12.6. The van der Waals surface area contributed by atoms with Crippen LogP contribution in [0.4, 0.5) is 0 Å². The molecule has 1 N–H and O–H groups in total. The van der Waals surface area contributed by atoms with Gasteiger partial charge in [-0.25, -0.2) is 4.79 Å². The van der Waals surface area contributed by atoms with Gasteiger partial charge in [0.1, 0.15) is 6.04 Å². The Balaban J connectivity index is 2.36. The lowest BCUT2D eigenvalue weighted by Crippen LogP contribution is -2.45. The fourth-order valence-corrected chi connectivity index (χ4v) is 4.34. The molecule has 0 radical (unpaired) electrons. The van der Waals surface area contributed by atoms with Gasteiger partial charge in [-0.2, -0.15) is 0 Å². The topological polar surface area (TPSA) is 57.6 Å². The summed E-state index contributed by atoms with van der Waals surface area (Å²) in [6.45, 7) is 1.94. The fraction of sp³-hybridized carbons (Fsp3) is 0.385. The molecule has 1 fully saturated rings. The van der Waals surface area contributed by atoms with Gasteiger partial charge in [0.2, 0.25) is 0 Å². The number of halogens is 2. The fourth-order valence-electron chi connectivity index (χ4n) is 2.14. The van der Waals surface area contributed by atoms with Crippen LogP contribution in [-0.2, 0) is 4.79 Å². The summed E-state index contributed by atoms with van der Waals surface area (Å²) >= 11 is 10.7. The summed E-state index contributed by atoms with van der Waals surface area (Å²) in [5.74, 6) is -0.824. The van der Waals surface area contributed by atoms with Crippen LogP contribution in [0.25, 0.3) is 0 Å². The van der Waals surface area contributed by atoms with E-state index in [1.165, 1.54) is 16.7 Å². The van der Waals surface area contributed by atoms with Gasteiger partial charge in [0.15, 0.2) is 0 Å². The van der Waals surface area contributed by atoms with Crippen LogP contribution in [0.15, 0.2) is 22.7 Å². The third kappa shape index (κ3) is 2.97. The molecule has 0 aromatic heterocycles. The summed E-state index contributed by atoms with van der Waals surface area (Å²) in [6, 6.07) is 4.09. The van der Waals surface area contributed by atoms with Crippen molar-refractivity contribution in [1.82, 2.24) is 4.90 Å². The van der Waals surface area contributed by atoms with Crippen LogP contribution in [0.1, 0.15) is 23.7 Å². The minimum absolute atomic E-state index is 0.105. The van der Waals surface area contributed by atoms with Gasteiger partial charge in [0.25, 0.3) is 5.91 Å². The number of rotatable bonds is 3. The van der Waals surface area contributed by atoms with Crippen molar-refractivity contribution in [2.24, 2.45) is 0 Å². The highest BCUT2D eigenvalue weighted by Gasteiger charge is 2.41. The van der Waals surface area contributed by atoms with E-state index >= 15 is 0 Å². The molecule has 1 aliphatic heterocycles. The van der Waals surface area contributed by atoms with Crippen molar-refractivity contribution in [3.8, 4) is 0 Å². The number of carboxylic acids is 1. The molecule has 0 aliphatic carbocycles. The van der Waals surface area contributed by atoms with E-state index in [-0.39, 0.29) is 11.3 Å². The van der Waals surface area contributed by atoms with Gasteiger partial charge in [-0.05, 0) is 40.5 Å². The first-order valence-electron chi connectivity index (χ1n) is 6.07. The molecule has 2 unspecified atom stereocenters. The van der Waals surface area contributed by atoms with E-state index in [4.69, 9.17) is 11.6 Å². The number of carbonyl (C=O) groups is 2. The Morgan fingerprint density at radius 2 is 2.25 bits per heavy atom. The number of amides is 1. The number of carboxylic acid groups (broad SMARTS) is 1. The summed E-state index contributed by atoms with van der Waals surface area (Å²) in [6.07, 6.45) is 0.714. The molecule has 1 amide bonds. The second-order valence-electron chi connectivity index (χ2n) is 4.39. The van der Waals surface area contributed by atoms with Crippen LogP contribution in [0.2, 0.25) is 5.02 Å². The first-order chi connectivity index (χ1) is 9.45. The Kier molecular flexibility index (Phi) is 4.99. The maximum atomic E-state index is 12.6. The molecule has 1 aromatic rings. The molecule has 0 saturated carbocycles. The number of benzene rings is 1. The Bertz CT molecular complexity index is 554. The van der Waals surface area contributed by atoms with Gasteiger partial charge < -0.3 is 10.0 Å². The summed E-state index contributed by atoms with van der Waals surface area (Å²) in [5.41, 5.74) is 0.432. The van der Waals surface area contributed by atoms with Crippen molar-refractivity contribution in [1.29, 1.82) is 0 Å². The first kappa shape index (κ1) is 15.7. The molecule has 2 rings (SSSR count). The molecule has 1 aliphatic rings. The molecular weight excluding hydrogens is 366 g/mol. The van der Waals surface area contributed by atoms with Crippen LogP contribution < -0.4 is 0 Å². The Morgan fingerprint density at radius 3 is 2.80 bits per heavy atom. The van der Waals surface area contributed by atoms with Gasteiger partial charge in [-0.3, -0.25) is 4.79 Å². The lowest BCUT2D eigenvalue weighted by Gasteiger charge is -2.27. The van der Waals surface area contributed by atoms with Crippen molar-refractivity contribution >= 4 is 51.2 Å². The quantitative estimate of drug-likeness (QED) is 0.875. The highest BCUT2D eigenvalue weighted by atomic mass is 79.9. The van der Waals surface area contributed by atoms with Crippen LogP contribution in [0, 0.1) is 0 Å². The summed E-state index contributed by atoms with van der Waals surface area (Å²) in [5, 5.41) is 9.68. The van der Waals surface area contributed by atoms with E-state index < -0.39 is 12.0 Å². The number of hydrogen-bond acceptors (Lipinski definition) is 3. The number of nitrogens with zero attached hydrogens (tertiary/aromatic N) is 1. The smallest absolute Gasteiger partial charge is 0.327 e. The van der Waals surface area contributed by atoms with E-state index in [2.05, 4.69) is 15.9 Å². The number of hydrogen-bond donors (Lipinski definition) is 1. The lowest BCUT2D eigenvalue weighted by molar-refractivity contribution is -0.141. The first-order valence-corrected chi connectivity index (χ1v) is 8.29. The Hall–Kier alpha value is -0.720. The van der Waals surface area contributed by atoms with Crippen LogP contribution >= 0.6 is 39.3 Å². The van der Waals surface area contributed by atoms with Crippen LogP contribution in [0.3, 0.4) is 0 Å². The highest BCUT2D eigenvalue weighted by molar-refractivity contribution is 9.10. The Morgan fingerprint density at radius 1 is 1.55 bits per heavy atom. The van der Waals surface area contributed by atoms with Gasteiger partial charge in [0.05, 0.1) is 10.9 Å². The molecular formula is C13H13BrClNO3S. The molecule has 2 atom stereocenters. The van der Waals surface area contributed by atoms with E-state index in [0.29, 0.717) is 27.2 Å². The summed E-state index contributed by atoms with van der Waals surface area (Å²) in [4.78, 5) is 25.4. The van der Waals surface area contributed by atoms with Crippen LogP contribution in [-0.4, -0.2) is 39.1 Å². The molecule has 1 heterocycles. The minimum Gasteiger partial charge on any atom is -0.480 e. The second-order valence-corrected chi connectivity index (χ2v) is 6.89. The third-order valence-electron chi connectivity index (χ3n) is 3.12. The molecule has 20 heavy (non-hydrogen) atoms. The van der Waals surface area contributed by atoms with Crippen LogP contribution in [0.5, 0.6) is 0 Å². The average Bonchev–Trinajstić information content (AvgIpc) is 2.81. The molecule has 0 spiro atoms. The number of aliphatic carboxylic acids is 1. The van der Waals surface area contributed by atoms with E-state index in [1.807, 2.05) is 6.92 Å². The Labute approximate surface area is 134 Å². The SMILES string of the molecule is CCC1SCC(C(=O)O)N1C(=O)c1ccc(Cl)cc1Br. The van der Waals surface area contributed by atoms with E-state index in [1.54, 1.807) is 18.2 Å². The molecule has 7 heteroatoms. The summed E-state index contributed by atoms with van der Waals surface area (Å²) in [7, 11) is 0. The zero-order chi connectivity index (χ0) is 14.9. The molecule has 4 nitrogen and oxygen atoms in total. The largest absolute Gasteiger partial charge is 0.480 e. The predicted octanol–water partition coefficient (Wildman–Crippen LogP) is 3.48. The number of carbonyl (C=O) groups excluding carboxylic acids is 1. The monoisotopic (exact) mass is 377 g/mol. The molecule has 1 aromatic carbocycles. The van der Waals surface area contributed by atoms with Gasteiger partial charge in [-0.1, -0.05) is 18.5 Å².